The van der Waals surface area contributed by atoms with Gasteiger partial charge in [0.05, 0.1) is 11.7 Å². The summed E-state index contributed by atoms with van der Waals surface area (Å²) in [6.07, 6.45) is 0. The lowest BCUT2D eigenvalue weighted by atomic mass is 9.59. The van der Waals surface area contributed by atoms with E-state index in [1.165, 1.54) is 27.8 Å². The molecule has 2 heteroatoms. The fraction of sp³-hybridized carbons (Fsp3) is 0.138. The van der Waals surface area contributed by atoms with Crippen LogP contribution >= 0.6 is 0 Å². The Morgan fingerprint density at radius 2 is 1.29 bits per heavy atom. The molecule has 2 aliphatic heterocycles. The smallest absolute Gasteiger partial charge is 0.123 e. The van der Waals surface area contributed by atoms with E-state index < -0.39 is 0 Å². The van der Waals surface area contributed by atoms with Crippen LogP contribution in [0.25, 0.3) is 0 Å². The maximum absolute atomic E-state index is 5.26. The van der Waals surface area contributed by atoms with Crippen LogP contribution in [-0.2, 0) is 12.0 Å². The van der Waals surface area contributed by atoms with Crippen LogP contribution in [0.1, 0.15) is 33.9 Å². The van der Waals surface area contributed by atoms with Gasteiger partial charge in [0.15, 0.2) is 0 Å². The zero-order valence-electron chi connectivity index (χ0n) is 17.6. The molecule has 2 nitrogen and oxygen atoms in total. The van der Waals surface area contributed by atoms with E-state index >= 15 is 0 Å². The van der Waals surface area contributed by atoms with Crippen molar-refractivity contribution in [2.45, 2.75) is 24.9 Å². The van der Waals surface area contributed by atoms with Gasteiger partial charge in [0.25, 0.3) is 0 Å². The quantitative estimate of drug-likeness (QED) is 0.379. The summed E-state index contributed by atoms with van der Waals surface area (Å²) in [5.74, 6) is 1.15. The molecule has 2 aliphatic rings. The van der Waals surface area contributed by atoms with Crippen LogP contribution < -0.4 is 0 Å². The molecule has 0 unspecified atom stereocenters. The first-order valence-electron chi connectivity index (χ1n) is 10.9. The van der Waals surface area contributed by atoms with E-state index in [9.17, 15) is 0 Å². The minimum atomic E-state index is -0.314. The fourth-order valence-electron chi connectivity index (χ4n) is 5.33. The average Bonchev–Trinajstić information content (AvgIpc) is 2.83. The van der Waals surface area contributed by atoms with Gasteiger partial charge in [-0.25, -0.2) is 4.99 Å². The number of para-hydroxylation sites is 1. The summed E-state index contributed by atoms with van der Waals surface area (Å²) in [5, 5.41) is 0. The average molecular weight is 401 g/mol. The third-order valence-electron chi connectivity index (χ3n) is 6.76. The molecule has 0 N–H and O–H groups in total. The van der Waals surface area contributed by atoms with E-state index in [4.69, 9.17) is 4.99 Å². The molecule has 2 heterocycles. The van der Waals surface area contributed by atoms with Gasteiger partial charge in [0.1, 0.15) is 11.3 Å². The van der Waals surface area contributed by atoms with Gasteiger partial charge in [-0.2, -0.15) is 0 Å². The van der Waals surface area contributed by atoms with Gasteiger partial charge >= 0.3 is 0 Å². The lowest BCUT2D eigenvalue weighted by Crippen LogP contribution is -2.66. The van der Waals surface area contributed by atoms with Crippen molar-refractivity contribution < 1.29 is 0 Å². The fourth-order valence-corrected chi connectivity index (χ4v) is 5.33. The highest BCUT2D eigenvalue weighted by molar-refractivity contribution is 6.06. The van der Waals surface area contributed by atoms with Crippen molar-refractivity contribution in [1.29, 1.82) is 0 Å². The summed E-state index contributed by atoms with van der Waals surface area (Å²) in [6, 6.07) is 39.6. The van der Waals surface area contributed by atoms with E-state index in [1.54, 1.807) is 0 Å². The van der Waals surface area contributed by atoms with Gasteiger partial charge in [0.2, 0.25) is 0 Å². The third-order valence-corrected chi connectivity index (χ3v) is 6.76. The number of benzene rings is 4. The Labute approximate surface area is 183 Å². The summed E-state index contributed by atoms with van der Waals surface area (Å²) in [6.45, 7) is 3.03. The van der Waals surface area contributed by atoms with Crippen molar-refractivity contribution in [2.24, 2.45) is 4.99 Å². The molecule has 1 saturated heterocycles. The van der Waals surface area contributed by atoms with Crippen LogP contribution in [0.3, 0.4) is 0 Å². The summed E-state index contributed by atoms with van der Waals surface area (Å²) >= 11 is 0. The standard InChI is InChI=1S/C29H24N2/c1-21-16-18-22(19-17-21)27-29(24-11-4-2-5-12-24,25-13-6-3-7-14-25)28-30-26-15-9-8-10-23(26)20-31(27)28/h2-19,27H,20H2,1H3/t27-/m0/s1. The summed E-state index contributed by atoms with van der Waals surface area (Å²) in [7, 11) is 0. The van der Waals surface area contributed by atoms with Crippen LogP contribution in [0.5, 0.6) is 0 Å². The lowest BCUT2D eigenvalue weighted by Gasteiger charge is -2.61. The Morgan fingerprint density at radius 1 is 0.710 bits per heavy atom. The molecule has 4 aromatic carbocycles. The van der Waals surface area contributed by atoms with E-state index in [-0.39, 0.29) is 11.5 Å². The second kappa shape index (κ2) is 6.95. The minimum absolute atomic E-state index is 0.185. The Hall–Kier alpha value is -3.65. The molecule has 0 bridgehead atoms. The highest BCUT2D eigenvalue weighted by Gasteiger charge is 2.61. The molecule has 31 heavy (non-hydrogen) atoms. The molecule has 150 valence electrons. The van der Waals surface area contributed by atoms with E-state index in [0.29, 0.717) is 0 Å². The maximum Gasteiger partial charge on any atom is 0.123 e. The zero-order chi connectivity index (χ0) is 20.8. The van der Waals surface area contributed by atoms with Gasteiger partial charge in [-0.05, 0) is 35.2 Å². The van der Waals surface area contributed by atoms with E-state index in [2.05, 4.69) is 121 Å². The molecule has 0 aliphatic carbocycles. The predicted molar refractivity (Wildman–Crippen MR) is 127 cm³/mol. The molecule has 0 aromatic heterocycles. The molecule has 4 aromatic rings. The molecule has 0 spiro atoms. The summed E-state index contributed by atoms with van der Waals surface area (Å²) < 4.78 is 0. The molecular weight excluding hydrogens is 376 g/mol. The highest BCUT2D eigenvalue weighted by Crippen LogP contribution is 2.58. The molecule has 1 fully saturated rings. The summed E-state index contributed by atoms with van der Waals surface area (Å²) in [4.78, 5) is 7.75. The number of hydrogen-bond donors (Lipinski definition) is 0. The second-order valence-electron chi connectivity index (χ2n) is 8.55. The van der Waals surface area contributed by atoms with Gasteiger partial charge in [-0.15, -0.1) is 0 Å². The van der Waals surface area contributed by atoms with Gasteiger partial charge in [0, 0.05) is 6.54 Å². The molecule has 0 radical (unpaired) electrons. The van der Waals surface area contributed by atoms with Crippen molar-refractivity contribution in [1.82, 2.24) is 4.90 Å². The van der Waals surface area contributed by atoms with Crippen LogP contribution in [-0.4, -0.2) is 10.7 Å². The Bertz CT molecular complexity index is 1220. The van der Waals surface area contributed by atoms with E-state index in [1.807, 2.05) is 0 Å². The maximum atomic E-state index is 5.26. The normalized spacial score (nSPS) is 18.4. The number of aryl methyl sites for hydroxylation is 1. The lowest BCUT2D eigenvalue weighted by molar-refractivity contribution is 0.158. The third kappa shape index (κ3) is 2.61. The van der Waals surface area contributed by atoms with Crippen molar-refractivity contribution in [3.8, 4) is 0 Å². The molecule has 6 rings (SSSR count). The highest BCUT2D eigenvalue weighted by atomic mass is 15.3. The minimum Gasteiger partial charge on any atom is -0.346 e. The molecule has 0 saturated carbocycles. The van der Waals surface area contributed by atoms with Gasteiger partial charge in [-0.1, -0.05) is 109 Å². The van der Waals surface area contributed by atoms with Crippen molar-refractivity contribution >= 4 is 11.5 Å². The summed E-state index contributed by atoms with van der Waals surface area (Å²) in [5.41, 5.74) is 7.26. The van der Waals surface area contributed by atoms with Crippen molar-refractivity contribution in [3.63, 3.8) is 0 Å². The van der Waals surface area contributed by atoms with Crippen molar-refractivity contribution in [3.05, 3.63) is 137 Å². The first kappa shape index (κ1) is 18.1. The van der Waals surface area contributed by atoms with Gasteiger partial charge in [-0.3, -0.25) is 0 Å². The van der Waals surface area contributed by atoms with Crippen LogP contribution in [0.4, 0.5) is 5.69 Å². The Balaban J connectivity index is 1.66. The first-order chi connectivity index (χ1) is 15.3. The Morgan fingerprint density at radius 3 is 1.94 bits per heavy atom. The SMILES string of the molecule is Cc1ccc([C@@H]2N3Cc4ccccc4N=C3C2(c2ccccc2)c2ccccc2)cc1. The number of rotatable bonds is 3. The molecule has 1 atom stereocenters. The van der Waals surface area contributed by atoms with E-state index in [0.717, 1.165) is 18.1 Å². The van der Waals surface area contributed by atoms with Crippen LogP contribution in [0, 0.1) is 6.92 Å². The van der Waals surface area contributed by atoms with Crippen LogP contribution in [0.2, 0.25) is 0 Å². The first-order valence-corrected chi connectivity index (χ1v) is 10.9. The van der Waals surface area contributed by atoms with Gasteiger partial charge < -0.3 is 4.90 Å². The number of aliphatic imine (C=N–C) groups is 1. The number of nitrogens with zero attached hydrogens (tertiary/aromatic N) is 2. The number of fused-ring (bicyclic) bond motifs is 2. The van der Waals surface area contributed by atoms with Crippen LogP contribution in [0.15, 0.2) is 114 Å². The second-order valence-corrected chi connectivity index (χ2v) is 8.55. The molecule has 0 amide bonds. The zero-order valence-corrected chi connectivity index (χ0v) is 17.6. The number of hydrogen-bond acceptors (Lipinski definition) is 2. The Kier molecular flexibility index (Phi) is 4.07. The molecular formula is C29H24N2. The van der Waals surface area contributed by atoms with Crippen molar-refractivity contribution in [2.75, 3.05) is 0 Å². The predicted octanol–water partition coefficient (Wildman–Crippen LogP) is 6.58. The number of amidine groups is 1. The monoisotopic (exact) mass is 400 g/mol. The topological polar surface area (TPSA) is 15.6 Å². The largest absolute Gasteiger partial charge is 0.346 e.